The fourth-order valence-corrected chi connectivity index (χ4v) is 2.68. The van der Waals surface area contributed by atoms with Crippen molar-refractivity contribution in [1.82, 2.24) is 9.80 Å². The van der Waals surface area contributed by atoms with Crippen LogP contribution < -0.4 is 0 Å². The van der Waals surface area contributed by atoms with E-state index in [-0.39, 0.29) is 17.9 Å². The number of carbonyl (C=O) groups is 2. The molecule has 17 heavy (non-hydrogen) atoms. The average molecular weight is 240 g/mol. The number of aliphatic hydroxyl groups excluding tert-OH is 1. The number of aliphatic hydroxyl groups is 1. The van der Waals surface area contributed by atoms with E-state index in [9.17, 15) is 14.7 Å². The molecule has 1 N–H and O–H groups in total. The molecular weight excluding hydrogens is 220 g/mol. The first-order valence-electron chi connectivity index (χ1n) is 6.39. The summed E-state index contributed by atoms with van der Waals surface area (Å²) in [4.78, 5) is 27.3. The van der Waals surface area contributed by atoms with E-state index in [2.05, 4.69) is 0 Å². The van der Waals surface area contributed by atoms with Crippen LogP contribution >= 0.6 is 0 Å². The largest absolute Gasteiger partial charge is 0.391 e. The number of hydrogen-bond donors (Lipinski definition) is 1. The molecule has 2 saturated heterocycles. The molecule has 1 unspecified atom stereocenters. The zero-order valence-electron chi connectivity index (χ0n) is 10.3. The summed E-state index contributed by atoms with van der Waals surface area (Å²) in [5, 5.41) is 9.45. The van der Waals surface area contributed by atoms with Crippen molar-refractivity contribution in [3.8, 4) is 0 Å². The first-order chi connectivity index (χ1) is 8.13. The first-order valence-corrected chi connectivity index (χ1v) is 6.39. The van der Waals surface area contributed by atoms with Crippen molar-refractivity contribution in [1.29, 1.82) is 0 Å². The Morgan fingerprint density at radius 3 is 2.76 bits per heavy atom. The third-order valence-electron chi connectivity index (χ3n) is 3.63. The van der Waals surface area contributed by atoms with E-state index in [1.807, 2.05) is 6.92 Å². The van der Waals surface area contributed by atoms with Crippen LogP contribution in [0.25, 0.3) is 0 Å². The predicted octanol–water partition coefficient (Wildman–Crippen LogP) is -0.0194. The summed E-state index contributed by atoms with van der Waals surface area (Å²) in [5.41, 5.74) is 0. The second-order valence-electron chi connectivity index (χ2n) is 4.84. The molecule has 2 rings (SSSR count). The summed E-state index contributed by atoms with van der Waals surface area (Å²) in [6.07, 6.45) is 2.32. The highest BCUT2D eigenvalue weighted by atomic mass is 16.3. The van der Waals surface area contributed by atoms with E-state index < -0.39 is 6.10 Å². The highest BCUT2D eigenvalue weighted by Gasteiger charge is 2.36. The molecule has 0 aromatic rings. The van der Waals surface area contributed by atoms with E-state index in [0.717, 1.165) is 6.42 Å². The number of hydrogen-bond acceptors (Lipinski definition) is 3. The Morgan fingerprint density at radius 2 is 2.29 bits per heavy atom. The van der Waals surface area contributed by atoms with Crippen molar-refractivity contribution in [3.63, 3.8) is 0 Å². The zero-order chi connectivity index (χ0) is 12.4. The molecule has 2 heterocycles. The minimum absolute atomic E-state index is 0.000648. The second kappa shape index (κ2) is 5.04. The number of β-amino-alcohol motifs (C(OH)–C–C–N with tert-alkyl or cyclic N) is 1. The van der Waals surface area contributed by atoms with Crippen LogP contribution in [0.2, 0.25) is 0 Å². The van der Waals surface area contributed by atoms with E-state index in [4.69, 9.17) is 0 Å². The Kier molecular flexibility index (Phi) is 3.66. The lowest BCUT2D eigenvalue weighted by atomic mass is 10.1. The van der Waals surface area contributed by atoms with Gasteiger partial charge in [-0.2, -0.15) is 0 Å². The summed E-state index contributed by atoms with van der Waals surface area (Å²) < 4.78 is 0. The van der Waals surface area contributed by atoms with Gasteiger partial charge in [0.25, 0.3) is 0 Å². The predicted molar refractivity (Wildman–Crippen MR) is 62.2 cm³/mol. The van der Waals surface area contributed by atoms with Gasteiger partial charge in [0.05, 0.1) is 6.10 Å². The number of likely N-dealkylation sites (tertiary alicyclic amines) is 2. The molecular formula is C12H20N2O3. The van der Waals surface area contributed by atoms with Gasteiger partial charge in [-0.1, -0.05) is 6.92 Å². The lowest BCUT2D eigenvalue weighted by Gasteiger charge is -2.29. The minimum Gasteiger partial charge on any atom is -0.391 e. The van der Waals surface area contributed by atoms with Crippen molar-refractivity contribution in [3.05, 3.63) is 0 Å². The number of amides is 2. The fourth-order valence-electron chi connectivity index (χ4n) is 2.68. The molecule has 0 bridgehead atoms. The standard InChI is InChI=1S/C12H20N2O3/c1-2-10(14-6-3-4-11(14)16)12(17)13-7-5-9(15)8-13/h9-10,15H,2-8H2,1H3/t9-,10?/m1/s1. The van der Waals surface area contributed by atoms with Crippen LogP contribution in [0, 0.1) is 0 Å². The lowest BCUT2D eigenvalue weighted by molar-refractivity contribution is -0.143. The van der Waals surface area contributed by atoms with Gasteiger partial charge in [-0.05, 0) is 19.3 Å². The Hall–Kier alpha value is -1.10. The third-order valence-corrected chi connectivity index (χ3v) is 3.63. The highest BCUT2D eigenvalue weighted by Crippen LogP contribution is 2.19. The molecule has 0 spiro atoms. The van der Waals surface area contributed by atoms with Crippen LogP contribution in [0.4, 0.5) is 0 Å². The number of carbonyl (C=O) groups excluding carboxylic acids is 2. The topological polar surface area (TPSA) is 60.9 Å². The summed E-state index contributed by atoms with van der Waals surface area (Å²) in [6, 6.07) is -0.324. The van der Waals surface area contributed by atoms with Crippen molar-refractivity contribution in [2.75, 3.05) is 19.6 Å². The van der Waals surface area contributed by atoms with Crippen molar-refractivity contribution in [2.45, 2.75) is 44.8 Å². The summed E-state index contributed by atoms with van der Waals surface area (Å²) in [6.45, 7) is 3.65. The molecule has 0 aromatic carbocycles. The summed E-state index contributed by atoms with van der Waals surface area (Å²) in [5.74, 6) is 0.0873. The molecule has 96 valence electrons. The minimum atomic E-state index is -0.397. The molecule has 2 aliphatic rings. The Morgan fingerprint density at radius 1 is 1.53 bits per heavy atom. The molecule has 2 amide bonds. The summed E-state index contributed by atoms with van der Waals surface area (Å²) >= 11 is 0. The van der Waals surface area contributed by atoms with Crippen LogP contribution in [0.5, 0.6) is 0 Å². The van der Waals surface area contributed by atoms with E-state index >= 15 is 0 Å². The van der Waals surface area contributed by atoms with E-state index in [0.29, 0.717) is 38.9 Å². The molecule has 0 radical (unpaired) electrons. The van der Waals surface area contributed by atoms with Crippen LogP contribution in [-0.4, -0.2) is 58.5 Å². The fraction of sp³-hybridized carbons (Fsp3) is 0.833. The van der Waals surface area contributed by atoms with Crippen molar-refractivity contribution < 1.29 is 14.7 Å². The van der Waals surface area contributed by atoms with Gasteiger partial charge in [0.15, 0.2) is 0 Å². The second-order valence-corrected chi connectivity index (χ2v) is 4.84. The Balaban J connectivity index is 2.02. The smallest absolute Gasteiger partial charge is 0.245 e. The highest BCUT2D eigenvalue weighted by molar-refractivity contribution is 5.88. The van der Waals surface area contributed by atoms with Crippen LogP contribution in [0.3, 0.4) is 0 Å². The first kappa shape index (κ1) is 12.4. The quantitative estimate of drug-likeness (QED) is 0.754. The Labute approximate surface area is 101 Å². The molecule has 5 nitrogen and oxygen atoms in total. The van der Waals surface area contributed by atoms with Gasteiger partial charge in [0, 0.05) is 26.1 Å². The average Bonchev–Trinajstić information content (AvgIpc) is 2.90. The van der Waals surface area contributed by atoms with Crippen LogP contribution in [0.1, 0.15) is 32.6 Å². The molecule has 2 aliphatic heterocycles. The Bertz CT molecular complexity index is 319. The number of rotatable bonds is 3. The van der Waals surface area contributed by atoms with Crippen molar-refractivity contribution in [2.24, 2.45) is 0 Å². The lowest BCUT2D eigenvalue weighted by Crippen LogP contribution is -2.48. The maximum absolute atomic E-state index is 12.3. The normalized spacial score (nSPS) is 26.7. The van der Waals surface area contributed by atoms with Gasteiger partial charge >= 0.3 is 0 Å². The van der Waals surface area contributed by atoms with Crippen LogP contribution in [0.15, 0.2) is 0 Å². The van der Waals surface area contributed by atoms with Crippen LogP contribution in [-0.2, 0) is 9.59 Å². The molecule has 0 aliphatic carbocycles. The van der Waals surface area contributed by atoms with Gasteiger partial charge in [-0.25, -0.2) is 0 Å². The van der Waals surface area contributed by atoms with E-state index in [1.54, 1.807) is 9.80 Å². The zero-order valence-corrected chi connectivity index (χ0v) is 10.3. The van der Waals surface area contributed by atoms with Gasteiger partial charge in [-0.3, -0.25) is 9.59 Å². The maximum atomic E-state index is 12.3. The molecule has 5 heteroatoms. The van der Waals surface area contributed by atoms with E-state index in [1.165, 1.54) is 0 Å². The molecule has 2 fully saturated rings. The van der Waals surface area contributed by atoms with Gasteiger partial charge in [0.1, 0.15) is 6.04 Å². The van der Waals surface area contributed by atoms with Gasteiger partial charge in [0.2, 0.25) is 11.8 Å². The number of nitrogens with zero attached hydrogens (tertiary/aromatic N) is 2. The monoisotopic (exact) mass is 240 g/mol. The summed E-state index contributed by atoms with van der Waals surface area (Å²) in [7, 11) is 0. The molecule has 0 saturated carbocycles. The maximum Gasteiger partial charge on any atom is 0.245 e. The van der Waals surface area contributed by atoms with Gasteiger partial charge in [-0.15, -0.1) is 0 Å². The molecule has 2 atom stereocenters. The third kappa shape index (κ3) is 2.44. The van der Waals surface area contributed by atoms with Gasteiger partial charge < -0.3 is 14.9 Å². The molecule has 0 aromatic heterocycles. The van der Waals surface area contributed by atoms with Crippen molar-refractivity contribution >= 4 is 11.8 Å². The SMILES string of the molecule is CCC(C(=O)N1CC[C@@H](O)C1)N1CCCC1=O.